The summed E-state index contributed by atoms with van der Waals surface area (Å²) >= 11 is 0. The highest BCUT2D eigenvalue weighted by molar-refractivity contribution is 5.85. The molecule has 4 heteroatoms. The number of hydrogen-bond donors (Lipinski definition) is 1. The third kappa shape index (κ3) is 2.01. The molecule has 0 spiro atoms. The summed E-state index contributed by atoms with van der Waals surface area (Å²) in [5.41, 5.74) is 6.31. The molecule has 0 aliphatic heterocycles. The number of rotatable bonds is 2. The van der Waals surface area contributed by atoms with Crippen LogP contribution in [0.3, 0.4) is 0 Å². The molecule has 1 rings (SSSR count). The lowest BCUT2D eigenvalue weighted by molar-refractivity contribution is 0.407. The summed E-state index contributed by atoms with van der Waals surface area (Å²) in [4.78, 5) is 0. The largest absolute Gasteiger partial charge is 0.365 e. The van der Waals surface area contributed by atoms with Crippen molar-refractivity contribution in [3.05, 3.63) is 18.0 Å². The summed E-state index contributed by atoms with van der Waals surface area (Å²) in [6.07, 6.45) is 1.56. The molecule has 0 radical (unpaired) electrons. The van der Waals surface area contributed by atoms with Gasteiger partial charge in [0.1, 0.15) is 6.26 Å². The summed E-state index contributed by atoms with van der Waals surface area (Å²) in [5, 5.41) is 3.73. The Hall–Kier alpha value is -0.540. The van der Waals surface area contributed by atoms with Gasteiger partial charge in [-0.25, -0.2) is 0 Å². The summed E-state index contributed by atoms with van der Waals surface area (Å²) in [6, 6.07) is 1.83. The number of nitrogens with zero attached hydrogens (tertiary/aromatic N) is 1. The van der Waals surface area contributed by atoms with Gasteiger partial charge in [-0.1, -0.05) is 12.1 Å². The molecule has 1 heterocycles. The van der Waals surface area contributed by atoms with E-state index < -0.39 is 0 Å². The first-order valence-corrected chi connectivity index (χ1v) is 2.95. The molecule has 0 amide bonds. The van der Waals surface area contributed by atoms with E-state index in [0.717, 1.165) is 5.69 Å². The number of aromatic nitrogens is 1. The maximum Gasteiger partial charge on any atom is 0.124 e. The fourth-order valence-electron chi connectivity index (χ4n) is 0.597. The highest BCUT2D eigenvalue weighted by atomic mass is 35.5. The van der Waals surface area contributed by atoms with Crippen LogP contribution in [0.25, 0.3) is 0 Å². The maximum atomic E-state index is 5.38. The fourth-order valence-corrected chi connectivity index (χ4v) is 0.597. The van der Waals surface area contributed by atoms with Gasteiger partial charge in [0, 0.05) is 18.5 Å². The lowest BCUT2D eigenvalue weighted by Gasteiger charge is -1.99. The summed E-state index contributed by atoms with van der Waals surface area (Å²) in [6.45, 7) is 2.63. The molecule has 1 unspecified atom stereocenters. The minimum absolute atomic E-state index is 0. The van der Waals surface area contributed by atoms with Crippen LogP contribution in [0.15, 0.2) is 16.9 Å². The van der Waals surface area contributed by atoms with Crippen molar-refractivity contribution >= 4 is 12.4 Å². The molecule has 0 aliphatic rings. The van der Waals surface area contributed by atoms with Gasteiger partial charge in [0.05, 0.1) is 5.69 Å². The Balaban J connectivity index is 0.000000810. The predicted molar refractivity (Wildman–Crippen MR) is 41.2 cm³/mol. The molecular formula is C6H11ClN2O. The molecular weight excluding hydrogens is 152 g/mol. The van der Waals surface area contributed by atoms with Crippen LogP contribution in [0.2, 0.25) is 0 Å². The summed E-state index contributed by atoms with van der Waals surface area (Å²) < 4.78 is 4.63. The molecule has 1 atom stereocenters. The molecule has 0 saturated heterocycles. The van der Waals surface area contributed by atoms with Gasteiger partial charge in [-0.15, -0.1) is 12.4 Å². The molecule has 58 valence electrons. The van der Waals surface area contributed by atoms with E-state index in [1.165, 1.54) is 0 Å². The van der Waals surface area contributed by atoms with Crippen LogP contribution >= 0.6 is 12.4 Å². The Morgan fingerprint density at radius 2 is 2.50 bits per heavy atom. The van der Waals surface area contributed by atoms with Gasteiger partial charge < -0.3 is 10.3 Å². The van der Waals surface area contributed by atoms with E-state index in [4.69, 9.17) is 5.73 Å². The van der Waals surface area contributed by atoms with E-state index >= 15 is 0 Å². The van der Waals surface area contributed by atoms with E-state index in [0.29, 0.717) is 12.5 Å². The number of nitrogens with two attached hydrogens (primary N) is 1. The van der Waals surface area contributed by atoms with E-state index in [1.807, 2.05) is 13.0 Å². The smallest absolute Gasteiger partial charge is 0.124 e. The van der Waals surface area contributed by atoms with E-state index in [1.54, 1.807) is 6.26 Å². The van der Waals surface area contributed by atoms with Crippen molar-refractivity contribution in [3.8, 4) is 0 Å². The average molecular weight is 163 g/mol. The van der Waals surface area contributed by atoms with Crippen LogP contribution in [-0.2, 0) is 0 Å². The Bertz CT molecular complexity index is 164. The third-order valence-corrected chi connectivity index (χ3v) is 1.32. The number of halogens is 1. The van der Waals surface area contributed by atoms with Crippen molar-refractivity contribution in [2.45, 2.75) is 12.8 Å². The Morgan fingerprint density at radius 1 is 1.80 bits per heavy atom. The normalized spacial score (nSPS) is 12.2. The van der Waals surface area contributed by atoms with Crippen LogP contribution in [0.1, 0.15) is 18.5 Å². The fraction of sp³-hybridized carbons (Fsp3) is 0.500. The Morgan fingerprint density at radius 3 is 2.90 bits per heavy atom. The van der Waals surface area contributed by atoms with Gasteiger partial charge in [-0.2, -0.15) is 0 Å². The van der Waals surface area contributed by atoms with Crippen molar-refractivity contribution in [3.63, 3.8) is 0 Å². The van der Waals surface area contributed by atoms with Gasteiger partial charge >= 0.3 is 0 Å². The number of hydrogen-bond acceptors (Lipinski definition) is 3. The molecule has 2 N–H and O–H groups in total. The van der Waals surface area contributed by atoms with Crippen molar-refractivity contribution < 1.29 is 4.52 Å². The topological polar surface area (TPSA) is 52.0 Å². The van der Waals surface area contributed by atoms with Crippen LogP contribution in [-0.4, -0.2) is 11.7 Å². The predicted octanol–water partition coefficient (Wildman–Crippen LogP) is 1.16. The quantitative estimate of drug-likeness (QED) is 0.710. The SMILES string of the molecule is CC(CN)c1ccon1.Cl. The molecule has 0 aromatic carbocycles. The molecule has 0 aliphatic carbocycles. The molecule has 0 bridgehead atoms. The maximum absolute atomic E-state index is 5.38. The highest BCUT2D eigenvalue weighted by Crippen LogP contribution is 2.08. The summed E-state index contributed by atoms with van der Waals surface area (Å²) in [5.74, 6) is 0.309. The van der Waals surface area contributed by atoms with Gasteiger partial charge in [0.15, 0.2) is 0 Å². The molecule has 3 nitrogen and oxygen atoms in total. The zero-order valence-corrected chi connectivity index (χ0v) is 6.60. The van der Waals surface area contributed by atoms with Crippen molar-refractivity contribution in [1.29, 1.82) is 0 Å². The van der Waals surface area contributed by atoms with Crippen LogP contribution in [0, 0.1) is 0 Å². The second kappa shape index (κ2) is 4.30. The first-order valence-electron chi connectivity index (χ1n) is 2.95. The molecule has 1 aromatic rings. The van der Waals surface area contributed by atoms with Crippen LogP contribution in [0.4, 0.5) is 0 Å². The first-order chi connectivity index (χ1) is 4.34. The monoisotopic (exact) mass is 162 g/mol. The molecule has 0 saturated carbocycles. The highest BCUT2D eigenvalue weighted by Gasteiger charge is 2.04. The lowest BCUT2D eigenvalue weighted by atomic mass is 10.1. The van der Waals surface area contributed by atoms with Gasteiger partial charge in [-0.3, -0.25) is 0 Å². The second-order valence-electron chi connectivity index (χ2n) is 2.06. The zero-order valence-electron chi connectivity index (χ0n) is 5.78. The van der Waals surface area contributed by atoms with E-state index in [-0.39, 0.29) is 12.4 Å². The lowest BCUT2D eigenvalue weighted by Crippen LogP contribution is -2.08. The Labute approximate surface area is 66.0 Å². The van der Waals surface area contributed by atoms with Crippen LogP contribution in [0.5, 0.6) is 0 Å². The minimum Gasteiger partial charge on any atom is -0.365 e. The van der Waals surface area contributed by atoms with Gasteiger partial charge in [0.25, 0.3) is 0 Å². The Kier molecular flexibility index (Phi) is 4.07. The van der Waals surface area contributed by atoms with Crippen molar-refractivity contribution in [1.82, 2.24) is 5.16 Å². The average Bonchev–Trinajstić information content (AvgIpc) is 2.37. The second-order valence-corrected chi connectivity index (χ2v) is 2.06. The molecule has 10 heavy (non-hydrogen) atoms. The van der Waals surface area contributed by atoms with Crippen LogP contribution < -0.4 is 5.73 Å². The third-order valence-electron chi connectivity index (χ3n) is 1.32. The van der Waals surface area contributed by atoms with Crippen molar-refractivity contribution in [2.75, 3.05) is 6.54 Å². The van der Waals surface area contributed by atoms with Crippen molar-refractivity contribution in [2.24, 2.45) is 5.73 Å². The molecule has 1 aromatic heterocycles. The van der Waals surface area contributed by atoms with Gasteiger partial charge in [-0.05, 0) is 0 Å². The van der Waals surface area contributed by atoms with E-state index in [2.05, 4.69) is 9.68 Å². The first kappa shape index (κ1) is 9.46. The van der Waals surface area contributed by atoms with E-state index in [9.17, 15) is 0 Å². The van der Waals surface area contributed by atoms with Gasteiger partial charge in [0.2, 0.25) is 0 Å². The minimum atomic E-state index is 0. The zero-order chi connectivity index (χ0) is 6.69. The standard InChI is InChI=1S/C6H10N2O.ClH/c1-5(4-7)6-2-3-9-8-6;/h2-3,5H,4,7H2,1H3;1H. The summed E-state index contributed by atoms with van der Waals surface area (Å²) in [7, 11) is 0. The molecule has 0 fully saturated rings.